The fourth-order valence-corrected chi connectivity index (χ4v) is 5.03. The molecule has 0 unspecified atom stereocenters. The molecule has 1 heterocycles. The van der Waals surface area contributed by atoms with Crippen molar-refractivity contribution >= 4 is 5.91 Å². The average molecular weight is 341 g/mol. The normalized spacial score (nSPS) is 28.6. The van der Waals surface area contributed by atoms with Crippen molar-refractivity contribution in [2.24, 2.45) is 11.7 Å². The Hall–Kier alpha value is -1.39. The van der Waals surface area contributed by atoms with Gasteiger partial charge in [-0.2, -0.15) is 0 Å². The molecule has 1 aliphatic heterocycles. The largest absolute Gasteiger partial charge is 0.341 e. The summed E-state index contributed by atoms with van der Waals surface area (Å²) in [5, 5.41) is 0. The Bertz CT molecular complexity index is 592. The number of fused-ring (bicyclic) bond motifs is 1. The van der Waals surface area contributed by atoms with Crippen LogP contribution in [0, 0.1) is 5.92 Å². The number of carbonyl (C=O) groups excluding carboxylic acids is 1. The summed E-state index contributed by atoms with van der Waals surface area (Å²) in [6.07, 6.45) is 7.54. The third kappa shape index (κ3) is 3.75. The van der Waals surface area contributed by atoms with Crippen LogP contribution in [0.1, 0.15) is 43.2 Å². The molecule has 1 aromatic rings. The van der Waals surface area contributed by atoms with Crippen molar-refractivity contribution in [1.29, 1.82) is 0 Å². The zero-order valence-electron chi connectivity index (χ0n) is 15.2. The molecular formula is C21H31N3O. The minimum atomic E-state index is 0.172. The van der Waals surface area contributed by atoms with Gasteiger partial charge in [-0.25, -0.2) is 0 Å². The molecule has 25 heavy (non-hydrogen) atoms. The van der Waals surface area contributed by atoms with Crippen LogP contribution in [0.5, 0.6) is 0 Å². The predicted molar refractivity (Wildman–Crippen MR) is 100 cm³/mol. The third-order valence-corrected chi connectivity index (χ3v) is 6.45. The van der Waals surface area contributed by atoms with Gasteiger partial charge in [0, 0.05) is 44.2 Å². The van der Waals surface area contributed by atoms with Crippen molar-refractivity contribution in [3.8, 4) is 0 Å². The Morgan fingerprint density at radius 1 is 0.960 bits per heavy atom. The maximum atomic E-state index is 12.9. The van der Waals surface area contributed by atoms with Crippen LogP contribution in [-0.4, -0.2) is 54.0 Å². The molecule has 2 aliphatic carbocycles. The van der Waals surface area contributed by atoms with Crippen molar-refractivity contribution in [3.05, 3.63) is 35.4 Å². The quantitative estimate of drug-likeness (QED) is 0.897. The van der Waals surface area contributed by atoms with E-state index in [2.05, 4.69) is 34.1 Å². The maximum absolute atomic E-state index is 12.9. The van der Waals surface area contributed by atoms with Crippen LogP contribution in [0.3, 0.4) is 0 Å². The van der Waals surface area contributed by atoms with Crippen LogP contribution in [0.25, 0.3) is 0 Å². The molecule has 4 rings (SSSR count). The van der Waals surface area contributed by atoms with Crippen LogP contribution < -0.4 is 5.73 Å². The monoisotopic (exact) mass is 341 g/mol. The number of carbonyl (C=O) groups is 1. The fourth-order valence-electron chi connectivity index (χ4n) is 5.03. The Morgan fingerprint density at radius 2 is 1.72 bits per heavy atom. The lowest BCUT2D eigenvalue weighted by molar-refractivity contribution is -0.136. The summed E-state index contributed by atoms with van der Waals surface area (Å²) < 4.78 is 0. The molecule has 136 valence electrons. The van der Waals surface area contributed by atoms with Crippen LogP contribution >= 0.6 is 0 Å². The van der Waals surface area contributed by atoms with E-state index in [0.717, 1.165) is 58.3 Å². The predicted octanol–water partition coefficient (Wildman–Crippen LogP) is 2.21. The first-order valence-corrected chi connectivity index (χ1v) is 10.1. The molecule has 1 amide bonds. The van der Waals surface area contributed by atoms with E-state index in [4.69, 9.17) is 5.73 Å². The minimum absolute atomic E-state index is 0.172. The number of hydrogen-bond donors (Lipinski definition) is 1. The van der Waals surface area contributed by atoms with Crippen LogP contribution in [0.4, 0.5) is 0 Å². The van der Waals surface area contributed by atoms with Gasteiger partial charge >= 0.3 is 0 Å². The van der Waals surface area contributed by atoms with E-state index in [0.29, 0.717) is 11.9 Å². The summed E-state index contributed by atoms with van der Waals surface area (Å²) in [6.45, 7) is 3.94. The van der Waals surface area contributed by atoms with E-state index in [1.165, 1.54) is 24.0 Å². The van der Waals surface area contributed by atoms with Gasteiger partial charge in [0.25, 0.3) is 0 Å². The fraction of sp³-hybridized carbons (Fsp3) is 0.667. The molecular weight excluding hydrogens is 310 g/mol. The molecule has 3 aliphatic rings. The van der Waals surface area contributed by atoms with Gasteiger partial charge in [-0.15, -0.1) is 0 Å². The summed E-state index contributed by atoms with van der Waals surface area (Å²) in [5.74, 6) is 0.540. The molecule has 1 saturated heterocycles. The maximum Gasteiger partial charge on any atom is 0.225 e. The second kappa shape index (κ2) is 7.46. The average Bonchev–Trinajstić information content (AvgIpc) is 2.90. The van der Waals surface area contributed by atoms with Crippen LogP contribution in [-0.2, 0) is 17.6 Å². The Kier molecular flexibility index (Phi) is 5.09. The number of amides is 1. The highest BCUT2D eigenvalue weighted by molar-refractivity contribution is 5.79. The number of rotatable bonds is 2. The Morgan fingerprint density at radius 3 is 2.44 bits per heavy atom. The van der Waals surface area contributed by atoms with E-state index in [-0.39, 0.29) is 12.0 Å². The standard InChI is InChI=1S/C21H31N3O/c22-19-8-3-7-18(13-19)21(25)24-10-4-9-23(11-12-24)20-14-16-5-1-2-6-17(16)15-20/h1-2,5-6,18-20H,3-4,7-15,22H2/t18-,19+/m1/s1. The summed E-state index contributed by atoms with van der Waals surface area (Å²) in [7, 11) is 0. The van der Waals surface area contributed by atoms with Gasteiger partial charge in [0.05, 0.1) is 0 Å². The second-order valence-electron chi connectivity index (χ2n) is 8.17. The number of hydrogen-bond acceptors (Lipinski definition) is 3. The SMILES string of the molecule is N[C@H]1CCC[C@@H](C(=O)N2CCCN(C3Cc4ccccc4C3)CC2)C1. The van der Waals surface area contributed by atoms with Crippen molar-refractivity contribution in [1.82, 2.24) is 9.80 Å². The van der Waals surface area contributed by atoms with Gasteiger partial charge in [-0.3, -0.25) is 9.69 Å². The first kappa shape index (κ1) is 17.0. The van der Waals surface area contributed by atoms with Crippen molar-refractivity contribution in [2.75, 3.05) is 26.2 Å². The van der Waals surface area contributed by atoms with Crippen LogP contribution in [0.15, 0.2) is 24.3 Å². The summed E-state index contributed by atoms with van der Waals surface area (Å²) >= 11 is 0. The molecule has 0 aromatic heterocycles. The van der Waals surface area contributed by atoms with Gasteiger partial charge < -0.3 is 10.6 Å². The molecule has 4 heteroatoms. The van der Waals surface area contributed by atoms with Crippen molar-refractivity contribution < 1.29 is 4.79 Å². The van der Waals surface area contributed by atoms with E-state index in [9.17, 15) is 4.79 Å². The highest BCUT2D eigenvalue weighted by atomic mass is 16.2. The van der Waals surface area contributed by atoms with Crippen LogP contribution in [0.2, 0.25) is 0 Å². The third-order valence-electron chi connectivity index (χ3n) is 6.45. The smallest absolute Gasteiger partial charge is 0.225 e. The highest BCUT2D eigenvalue weighted by Crippen LogP contribution is 2.28. The lowest BCUT2D eigenvalue weighted by Crippen LogP contribution is -2.43. The summed E-state index contributed by atoms with van der Waals surface area (Å²) in [5.41, 5.74) is 9.12. The zero-order valence-corrected chi connectivity index (χ0v) is 15.2. The molecule has 0 bridgehead atoms. The van der Waals surface area contributed by atoms with Gasteiger partial charge in [0.2, 0.25) is 5.91 Å². The van der Waals surface area contributed by atoms with Gasteiger partial charge in [0.15, 0.2) is 0 Å². The lowest BCUT2D eigenvalue weighted by atomic mass is 9.85. The highest BCUT2D eigenvalue weighted by Gasteiger charge is 2.32. The van der Waals surface area contributed by atoms with Gasteiger partial charge in [-0.05, 0) is 49.7 Å². The van der Waals surface area contributed by atoms with E-state index >= 15 is 0 Å². The van der Waals surface area contributed by atoms with Gasteiger partial charge in [-0.1, -0.05) is 30.7 Å². The molecule has 2 N–H and O–H groups in total. The lowest BCUT2D eigenvalue weighted by Gasteiger charge is -2.31. The van der Waals surface area contributed by atoms with E-state index < -0.39 is 0 Å². The zero-order chi connectivity index (χ0) is 17.2. The second-order valence-corrected chi connectivity index (χ2v) is 8.17. The first-order valence-electron chi connectivity index (χ1n) is 10.1. The van der Waals surface area contributed by atoms with Crippen molar-refractivity contribution in [2.45, 2.75) is 57.0 Å². The van der Waals surface area contributed by atoms with E-state index in [1.807, 2.05) is 0 Å². The van der Waals surface area contributed by atoms with Gasteiger partial charge in [0.1, 0.15) is 0 Å². The Labute approximate surface area is 151 Å². The van der Waals surface area contributed by atoms with E-state index in [1.54, 1.807) is 0 Å². The molecule has 2 atom stereocenters. The minimum Gasteiger partial charge on any atom is -0.341 e. The first-order chi connectivity index (χ1) is 12.2. The summed E-state index contributed by atoms with van der Waals surface area (Å²) in [6, 6.07) is 9.70. The number of benzene rings is 1. The number of nitrogens with two attached hydrogens (primary N) is 1. The topological polar surface area (TPSA) is 49.6 Å². The molecule has 0 spiro atoms. The summed E-state index contributed by atoms with van der Waals surface area (Å²) in [4.78, 5) is 17.7. The Balaban J connectivity index is 1.34. The molecule has 2 fully saturated rings. The molecule has 1 saturated carbocycles. The molecule has 0 radical (unpaired) electrons. The van der Waals surface area contributed by atoms with Crippen molar-refractivity contribution in [3.63, 3.8) is 0 Å². The number of nitrogens with zero attached hydrogens (tertiary/aromatic N) is 2. The molecule has 4 nitrogen and oxygen atoms in total. The molecule has 1 aromatic carbocycles.